The van der Waals surface area contributed by atoms with Crippen LogP contribution in [0.15, 0.2) is 12.1 Å². The molecule has 1 aliphatic rings. The lowest BCUT2D eigenvalue weighted by molar-refractivity contribution is 0.0124. The predicted octanol–water partition coefficient (Wildman–Crippen LogP) is 1.73. The van der Waals surface area contributed by atoms with E-state index in [4.69, 9.17) is 9.47 Å². The van der Waals surface area contributed by atoms with Gasteiger partial charge >= 0.3 is 12.1 Å². The highest BCUT2D eigenvalue weighted by Gasteiger charge is 2.27. The third kappa shape index (κ3) is 6.44. The van der Waals surface area contributed by atoms with Crippen molar-refractivity contribution in [3.05, 3.63) is 29.3 Å². The summed E-state index contributed by atoms with van der Waals surface area (Å²) in [6.07, 6.45) is -0.368. The number of pyridine rings is 1. The molecule has 0 spiro atoms. The number of rotatable bonds is 5. The molecule has 8 nitrogen and oxygen atoms in total. The van der Waals surface area contributed by atoms with Crippen molar-refractivity contribution in [1.29, 1.82) is 0 Å². The first-order chi connectivity index (χ1) is 12.7. The Balaban J connectivity index is 1.86. The van der Waals surface area contributed by atoms with Gasteiger partial charge in [0.05, 0.1) is 20.3 Å². The van der Waals surface area contributed by atoms with Crippen molar-refractivity contribution in [3.8, 4) is 0 Å². The molecule has 1 aliphatic heterocycles. The fourth-order valence-corrected chi connectivity index (χ4v) is 2.53. The van der Waals surface area contributed by atoms with Gasteiger partial charge in [0.25, 0.3) is 0 Å². The zero-order chi connectivity index (χ0) is 20.0. The summed E-state index contributed by atoms with van der Waals surface area (Å²) in [6, 6.07) is 2.30. The number of nitrogens with one attached hydrogen (secondary N) is 1. The number of amides is 1. The van der Waals surface area contributed by atoms with Crippen molar-refractivity contribution >= 4 is 12.1 Å². The number of aromatic nitrogens is 1. The molecule has 2 rings (SSSR count). The monoisotopic (exact) mass is 383 g/mol. The van der Waals surface area contributed by atoms with Gasteiger partial charge in [-0.2, -0.15) is 0 Å². The molecule has 1 unspecified atom stereocenters. The summed E-state index contributed by atoms with van der Waals surface area (Å²) in [5.41, 5.74) is -0.510. The molecule has 0 bridgehead atoms. The Morgan fingerprint density at radius 3 is 2.78 bits per heavy atom. The summed E-state index contributed by atoms with van der Waals surface area (Å²) in [5, 5.41) is 3.24. The topological polar surface area (TPSA) is 90.0 Å². The van der Waals surface area contributed by atoms with Crippen LogP contribution in [0.1, 0.15) is 37.0 Å². The van der Waals surface area contributed by atoms with E-state index in [2.05, 4.69) is 15.0 Å². The fraction of sp³-hybridized carbons (Fsp3) is 0.611. The van der Waals surface area contributed by atoms with Crippen molar-refractivity contribution < 1.29 is 28.2 Å². The quantitative estimate of drug-likeness (QED) is 0.775. The summed E-state index contributed by atoms with van der Waals surface area (Å²) < 4.78 is 29.3. The van der Waals surface area contributed by atoms with Crippen LogP contribution in [0.2, 0.25) is 0 Å². The molecule has 0 radical (unpaired) electrons. The van der Waals surface area contributed by atoms with Crippen LogP contribution in [-0.2, 0) is 20.8 Å². The number of carbonyl (C=O) groups is 2. The van der Waals surface area contributed by atoms with Crippen LogP contribution in [0.25, 0.3) is 0 Å². The molecule has 1 fully saturated rings. The minimum atomic E-state index is -0.641. The highest BCUT2D eigenvalue weighted by Crippen LogP contribution is 2.12. The molecule has 1 aromatic rings. The second-order valence-electron chi connectivity index (χ2n) is 7.21. The molecule has 1 amide bonds. The summed E-state index contributed by atoms with van der Waals surface area (Å²) in [4.78, 5) is 29.2. The molecule has 0 aromatic carbocycles. The van der Waals surface area contributed by atoms with Gasteiger partial charge in [-0.3, -0.25) is 0 Å². The van der Waals surface area contributed by atoms with Gasteiger partial charge < -0.3 is 24.4 Å². The molecule has 1 saturated heterocycles. The summed E-state index contributed by atoms with van der Waals surface area (Å²) >= 11 is 0. The summed E-state index contributed by atoms with van der Waals surface area (Å²) in [7, 11) is 1.23. The molecule has 0 saturated carbocycles. The van der Waals surface area contributed by atoms with Crippen LogP contribution in [-0.4, -0.2) is 66.9 Å². The van der Waals surface area contributed by atoms with Crippen molar-refractivity contribution in [1.82, 2.24) is 15.2 Å². The molecule has 1 aromatic heterocycles. The van der Waals surface area contributed by atoms with Crippen LogP contribution < -0.4 is 5.32 Å². The van der Waals surface area contributed by atoms with E-state index in [1.165, 1.54) is 13.2 Å². The average Bonchev–Trinajstić information content (AvgIpc) is 2.61. The Bertz CT molecular complexity index is 677. The number of piperazine rings is 1. The SMILES string of the molecule is COC(=O)c1ccc(F)c(COCC2CN(C(=O)OC(C)(C)C)CCN2)n1. The van der Waals surface area contributed by atoms with Gasteiger partial charge in [-0.25, -0.2) is 19.0 Å². The van der Waals surface area contributed by atoms with Gasteiger partial charge in [-0.05, 0) is 32.9 Å². The van der Waals surface area contributed by atoms with Gasteiger partial charge in [-0.15, -0.1) is 0 Å². The van der Waals surface area contributed by atoms with E-state index in [1.54, 1.807) is 4.90 Å². The number of methoxy groups -OCH3 is 1. The predicted molar refractivity (Wildman–Crippen MR) is 94.8 cm³/mol. The van der Waals surface area contributed by atoms with Gasteiger partial charge in [0.15, 0.2) is 0 Å². The second kappa shape index (κ2) is 9.09. The van der Waals surface area contributed by atoms with E-state index in [1.807, 2.05) is 20.8 Å². The number of halogens is 1. The van der Waals surface area contributed by atoms with Gasteiger partial charge in [0, 0.05) is 25.7 Å². The molecular weight excluding hydrogens is 357 g/mol. The Labute approximate surface area is 158 Å². The third-order valence-corrected chi connectivity index (χ3v) is 3.78. The van der Waals surface area contributed by atoms with E-state index < -0.39 is 17.4 Å². The second-order valence-corrected chi connectivity index (χ2v) is 7.21. The van der Waals surface area contributed by atoms with Crippen LogP contribution in [0, 0.1) is 5.82 Å². The Morgan fingerprint density at radius 1 is 1.37 bits per heavy atom. The molecule has 150 valence electrons. The highest BCUT2D eigenvalue weighted by atomic mass is 19.1. The van der Waals surface area contributed by atoms with Crippen LogP contribution in [0.3, 0.4) is 0 Å². The average molecular weight is 383 g/mol. The van der Waals surface area contributed by atoms with Crippen LogP contribution >= 0.6 is 0 Å². The smallest absolute Gasteiger partial charge is 0.410 e. The highest BCUT2D eigenvalue weighted by molar-refractivity contribution is 5.87. The Kier molecular flexibility index (Phi) is 7.09. The first kappa shape index (κ1) is 21.0. The van der Waals surface area contributed by atoms with Crippen molar-refractivity contribution in [2.24, 2.45) is 0 Å². The molecule has 0 aliphatic carbocycles. The lowest BCUT2D eigenvalue weighted by Crippen LogP contribution is -2.55. The van der Waals surface area contributed by atoms with E-state index >= 15 is 0 Å². The van der Waals surface area contributed by atoms with E-state index in [-0.39, 0.29) is 36.7 Å². The maximum absolute atomic E-state index is 13.8. The lowest BCUT2D eigenvalue weighted by atomic mass is 10.2. The van der Waals surface area contributed by atoms with Gasteiger partial charge in [0.1, 0.15) is 22.8 Å². The molecule has 1 atom stereocenters. The number of carbonyl (C=O) groups excluding carboxylic acids is 2. The van der Waals surface area contributed by atoms with Gasteiger partial charge in [-0.1, -0.05) is 0 Å². The maximum atomic E-state index is 13.8. The van der Waals surface area contributed by atoms with Crippen molar-refractivity contribution in [2.45, 2.75) is 39.0 Å². The normalized spacial score (nSPS) is 17.5. The molecule has 27 heavy (non-hydrogen) atoms. The molecule has 9 heteroatoms. The van der Waals surface area contributed by atoms with Crippen LogP contribution in [0.4, 0.5) is 9.18 Å². The minimum absolute atomic E-state index is 0.0180. The largest absolute Gasteiger partial charge is 0.464 e. The molecular formula is C18H26FN3O5. The Morgan fingerprint density at radius 2 is 2.11 bits per heavy atom. The van der Waals surface area contributed by atoms with E-state index in [9.17, 15) is 14.0 Å². The van der Waals surface area contributed by atoms with E-state index in [0.717, 1.165) is 6.07 Å². The van der Waals surface area contributed by atoms with E-state index in [0.29, 0.717) is 19.6 Å². The van der Waals surface area contributed by atoms with Gasteiger partial charge in [0.2, 0.25) is 0 Å². The standard InChI is InChI=1S/C18H26FN3O5/c1-18(2,3)27-17(24)22-8-7-20-12(9-22)10-26-11-15-13(19)5-6-14(21-15)16(23)25-4/h5-6,12,20H,7-11H2,1-4H3. The fourth-order valence-electron chi connectivity index (χ4n) is 2.53. The van der Waals surface area contributed by atoms with Crippen molar-refractivity contribution in [2.75, 3.05) is 33.4 Å². The van der Waals surface area contributed by atoms with Crippen LogP contribution in [0.5, 0.6) is 0 Å². The number of nitrogens with zero attached hydrogens (tertiary/aromatic N) is 2. The maximum Gasteiger partial charge on any atom is 0.410 e. The number of esters is 1. The number of hydrogen-bond acceptors (Lipinski definition) is 7. The summed E-state index contributed by atoms with van der Waals surface area (Å²) in [5.74, 6) is -1.20. The zero-order valence-electron chi connectivity index (χ0n) is 16.1. The first-order valence-corrected chi connectivity index (χ1v) is 8.72. The minimum Gasteiger partial charge on any atom is -0.464 e. The molecule has 2 heterocycles. The summed E-state index contributed by atoms with van der Waals surface area (Å²) in [6.45, 7) is 7.19. The third-order valence-electron chi connectivity index (χ3n) is 3.78. The first-order valence-electron chi connectivity index (χ1n) is 8.72. The number of ether oxygens (including phenoxy) is 3. The Hall–Kier alpha value is -2.26. The van der Waals surface area contributed by atoms with Crippen molar-refractivity contribution in [3.63, 3.8) is 0 Å². The molecule has 1 N–H and O–H groups in total. The zero-order valence-corrected chi connectivity index (χ0v) is 16.1. The number of hydrogen-bond donors (Lipinski definition) is 1. The lowest BCUT2D eigenvalue weighted by Gasteiger charge is -2.34.